The van der Waals surface area contributed by atoms with Gasteiger partial charge in [0.2, 0.25) is 5.79 Å². The first-order chi connectivity index (χ1) is 10.3. The van der Waals surface area contributed by atoms with Crippen molar-refractivity contribution in [1.29, 1.82) is 0 Å². The van der Waals surface area contributed by atoms with E-state index in [0.717, 1.165) is 13.8 Å². The van der Waals surface area contributed by atoms with Crippen molar-refractivity contribution in [2.45, 2.75) is 44.9 Å². The molecule has 0 saturated carbocycles. The lowest BCUT2D eigenvalue weighted by Crippen LogP contribution is -2.51. The number of methoxy groups -OCH3 is 1. The summed E-state index contributed by atoms with van der Waals surface area (Å²) in [6, 6.07) is 0. The third-order valence-electron chi connectivity index (χ3n) is 3.05. The van der Waals surface area contributed by atoms with Gasteiger partial charge in [0.05, 0.1) is 6.61 Å². The highest BCUT2D eigenvalue weighted by molar-refractivity contribution is 5.68. The van der Waals surface area contributed by atoms with Gasteiger partial charge < -0.3 is 28.8 Å². The Kier molecular flexibility index (Phi) is 6.27. The van der Waals surface area contributed by atoms with Gasteiger partial charge in [-0.1, -0.05) is 0 Å². The van der Waals surface area contributed by atoms with Gasteiger partial charge in [0.1, 0.15) is 12.7 Å². The Labute approximate surface area is 127 Å². The highest BCUT2D eigenvalue weighted by Gasteiger charge is 2.60. The van der Waals surface area contributed by atoms with Crippen molar-refractivity contribution >= 4 is 17.9 Å². The molecule has 1 unspecified atom stereocenters. The molecule has 9 heteroatoms. The van der Waals surface area contributed by atoms with Gasteiger partial charge in [-0.25, -0.2) is 0 Å². The topological polar surface area (TPSA) is 118 Å². The number of rotatable bonds is 6. The van der Waals surface area contributed by atoms with Gasteiger partial charge in [-0.2, -0.15) is 0 Å². The highest BCUT2D eigenvalue weighted by Crippen LogP contribution is 2.36. The Morgan fingerprint density at radius 3 is 2.09 bits per heavy atom. The molecule has 1 saturated heterocycles. The lowest BCUT2D eigenvalue weighted by atomic mass is 10.0. The molecule has 1 heterocycles. The van der Waals surface area contributed by atoms with Gasteiger partial charge in [-0.3, -0.25) is 14.4 Å². The molecule has 22 heavy (non-hydrogen) atoms. The Balaban J connectivity index is 3.12. The number of esters is 3. The van der Waals surface area contributed by atoms with Crippen LogP contribution in [0.25, 0.3) is 0 Å². The summed E-state index contributed by atoms with van der Waals surface area (Å²) in [6.45, 7) is 2.60. The van der Waals surface area contributed by atoms with E-state index >= 15 is 0 Å². The Morgan fingerprint density at radius 1 is 1.09 bits per heavy atom. The van der Waals surface area contributed by atoms with Crippen LogP contribution in [0.15, 0.2) is 0 Å². The van der Waals surface area contributed by atoms with Crippen LogP contribution >= 0.6 is 0 Å². The van der Waals surface area contributed by atoms with Crippen LogP contribution in [0.1, 0.15) is 20.8 Å². The molecule has 0 aliphatic carbocycles. The molecule has 1 rings (SSSR count). The largest absolute Gasteiger partial charge is 0.460 e. The molecule has 1 aliphatic rings. The molecular formula is C13H20O9. The lowest BCUT2D eigenvalue weighted by Gasteiger charge is -2.32. The molecule has 0 radical (unpaired) electrons. The summed E-state index contributed by atoms with van der Waals surface area (Å²) in [5, 5.41) is 9.39. The predicted octanol–water partition coefficient (Wildman–Crippen LogP) is -0.853. The highest BCUT2D eigenvalue weighted by atomic mass is 16.8. The number of aliphatic hydroxyl groups excluding tert-OH is 1. The zero-order valence-electron chi connectivity index (χ0n) is 12.9. The fourth-order valence-electron chi connectivity index (χ4n) is 2.18. The van der Waals surface area contributed by atoms with Crippen LogP contribution < -0.4 is 0 Å². The second-order valence-corrected chi connectivity index (χ2v) is 4.74. The van der Waals surface area contributed by atoms with Crippen molar-refractivity contribution in [3.8, 4) is 0 Å². The van der Waals surface area contributed by atoms with Crippen molar-refractivity contribution in [2.75, 3.05) is 20.3 Å². The molecule has 0 spiro atoms. The van der Waals surface area contributed by atoms with Crippen LogP contribution in [0.4, 0.5) is 0 Å². The lowest BCUT2D eigenvalue weighted by molar-refractivity contribution is -0.270. The first kappa shape index (κ1) is 18.3. The van der Waals surface area contributed by atoms with Crippen molar-refractivity contribution < 1.29 is 43.2 Å². The molecule has 126 valence electrons. The Morgan fingerprint density at radius 2 is 1.68 bits per heavy atom. The monoisotopic (exact) mass is 320 g/mol. The van der Waals surface area contributed by atoms with Gasteiger partial charge in [0.15, 0.2) is 12.2 Å². The molecule has 0 bridgehead atoms. The summed E-state index contributed by atoms with van der Waals surface area (Å²) in [5.74, 6) is -3.60. The number of carbonyl (C=O) groups excluding carboxylic acids is 3. The third kappa shape index (κ3) is 4.15. The van der Waals surface area contributed by atoms with Crippen molar-refractivity contribution in [3.05, 3.63) is 0 Å². The maximum Gasteiger partial charge on any atom is 0.303 e. The molecule has 0 aromatic heterocycles. The molecule has 4 atom stereocenters. The summed E-state index contributed by atoms with van der Waals surface area (Å²) in [7, 11) is 1.25. The van der Waals surface area contributed by atoms with E-state index in [1.807, 2.05) is 0 Å². The van der Waals surface area contributed by atoms with Crippen molar-refractivity contribution in [1.82, 2.24) is 0 Å². The van der Waals surface area contributed by atoms with Gasteiger partial charge >= 0.3 is 17.9 Å². The summed E-state index contributed by atoms with van der Waals surface area (Å²) in [5.41, 5.74) is 0. The van der Waals surface area contributed by atoms with E-state index in [4.69, 9.17) is 23.7 Å². The third-order valence-corrected chi connectivity index (χ3v) is 3.05. The first-order valence-corrected chi connectivity index (χ1v) is 6.57. The molecule has 0 aromatic carbocycles. The van der Waals surface area contributed by atoms with Gasteiger partial charge in [0.25, 0.3) is 0 Å². The van der Waals surface area contributed by atoms with E-state index in [1.165, 1.54) is 14.0 Å². The minimum Gasteiger partial charge on any atom is -0.460 e. The van der Waals surface area contributed by atoms with Gasteiger partial charge in [-0.05, 0) is 0 Å². The Bertz CT molecular complexity index is 435. The zero-order valence-corrected chi connectivity index (χ0v) is 12.9. The van der Waals surface area contributed by atoms with E-state index in [-0.39, 0.29) is 0 Å². The SMILES string of the molecule is COC1(COC(C)=O)O[C@H](CO)[C@@H](OC(C)=O)[C@@H]1OC(C)=O. The van der Waals surface area contributed by atoms with E-state index in [0.29, 0.717) is 0 Å². The summed E-state index contributed by atoms with van der Waals surface area (Å²) >= 11 is 0. The molecule has 1 fully saturated rings. The number of hydrogen-bond acceptors (Lipinski definition) is 9. The number of ether oxygens (including phenoxy) is 5. The van der Waals surface area contributed by atoms with Crippen molar-refractivity contribution in [2.24, 2.45) is 0 Å². The standard InChI is InChI=1S/C13H20O9/c1-7(15)19-6-13(18-4)12(21-9(3)17)11(20-8(2)16)10(5-14)22-13/h10-12,14H,5-6H2,1-4H3/t10-,11-,12+,13?/m1/s1. The van der Waals surface area contributed by atoms with Crippen LogP contribution in [0, 0.1) is 0 Å². The quantitative estimate of drug-likeness (QED) is 0.493. The average Bonchev–Trinajstić information content (AvgIpc) is 2.70. The molecule has 9 nitrogen and oxygen atoms in total. The number of hydrogen-bond donors (Lipinski definition) is 1. The average molecular weight is 320 g/mol. The van der Waals surface area contributed by atoms with Crippen LogP contribution in [-0.4, -0.2) is 67.4 Å². The fraction of sp³-hybridized carbons (Fsp3) is 0.769. The number of aliphatic hydroxyl groups is 1. The maximum absolute atomic E-state index is 11.3. The second kappa shape index (κ2) is 7.52. The molecular weight excluding hydrogens is 300 g/mol. The van der Waals surface area contributed by atoms with Crippen LogP contribution in [0.5, 0.6) is 0 Å². The Hall–Kier alpha value is -1.71. The number of carbonyl (C=O) groups is 3. The van der Waals surface area contributed by atoms with E-state index in [2.05, 4.69) is 0 Å². The molecule has 0 amide bonds. The first-order valence-electron chi connectivity index (χ1n) is 6.57. The summed E-state index contributed by atoms with van der Waals surface area (Å²) in [6.07, 6.45) is -3.29. The summed E-state index contributed by atoms with van der Waals surface area (Å²) < 4.78 is 25.8. The minimum absolute atomic E-state index is 0.398. The van der Waals surface area contributed by atoms with Gasteiger partial charge in [0, 0.05) is 27.9 Å². The smallest absolute Gasteiger partial charge is 0.303 e. The molecule has 1 N–H and O–H groups in total. The second-order valence-electron chi connectivity index (χ2n) is 4.74. The van der Waals surface area contributed by atoms with E-state index in [9.17, 15) is 19.5 Å². The molecule has 1 aliphatic heterocycles. The maximum atomic E-state index is 11.3. The van der Waals surface area contributed by atoms with Crippen LogP contribution in [0.3, 0.4) is 0 Å². The molecule has 0 aromatic rings. The zero-order chi connectivity index (χ0) is 16.9. The van der Waals surface area contributed by atoms with E-state index < -0.39 is 55.2 Å². The fourth-order valence-corrected chi connectivity index (χ4v) is 2.18. The van der Waals surface area contributed by atoms with E-state index in [1.54, 1.807) is 0 Å². The predicted molar refractivity (Wildman–Crippen MR) is 69.4 cm³/mol. The minimum atomic E-state index is -1.68. The van der Waals surface area contributed by atoms with Crippen LogP contribution in [0.2, 0.25) is 0 Å². The van der Waals surface area contributed by atoms with Crippen LogP contribution in [-0.2, 0) is 38.1 Å². The normalized spacial score (nSPS) is 30.7. The summed E-state index contributed by atoms with van der Waals surface area (Å²) in [4.78, 5) is 33.6. The van der Waals surface area contributed by atoms with Gasteiger partial charge in [-0.15, -0.1) is 0 Å². The van der Waals surface area contributed by atoms with Crippen molar-refractivity contribution in [3.63, 3.8) is 0 Å².